The average Bonchev–Trinajstić information content (AvgIpc) is 2.54. The Balaban J connectivity index is 2.82. The van der Waals surface area contributed by atoms with Crippen LogP contribution in [0.2, 0.25) is 0 Å². The SMILES string of the molecule is CCc1ccc(Br)c2[nH]ccc12. The Morgan fingerprint density at radius 3 is 2.92 bits per heavy atom. The maximum Gasteiger partial charge on any atom is 0.0601 e. The molecule has 0 aliphatic carbocycles. The van der Waals surface area contributed by atoms with Crippen LogP contribution in [0.15, 0.2) is 28.9 Å². The average molecular weight is 224 g/mol. The predicted octanol–water partition coefficient (Wildman–Crippen LogP) is 3.49. The molecule has 1 aromatic heterocycles. The summed E-state index contributed by atoms with van der Waals surface area (Å²) < 4.78 is 1.14. The van der Waals surface area contributed by atoms with E-state index in [-0.39, 0.29) is 0 Å². The normalized spacial score (nSPS) is 10.8. The summed E-state index contributed by atoms with van der Waals surface area (Å²) in [6.07, 6.45) is 3.07. The van der Waals surface area contributed by atoms with Crippen LogP contribution in [0.5, 0.6) is 0 Å². The number of aromatic nitrogens is 1. The van der Waals surface area contributed by atoms with Crippen molar-refractivity contribution in [1.29, 1.82) is 0 Å². The van der Waals surface area contributed by atoms with Crippen LogP contribution in [0.1, 0.15) is 12.5 Å². The van der Waals surface area contributed by atoms with E-state index in [1.165, 1.54) is 16.5 Å². The fraction of sp³-hybridized carbons (Fsp3) is 0.200. The Kier molecular flexibility index (Phi) is 1.93. The van der Waals surface area contributed by atoms with Gasteiger partial charge in [-0.3, -0.25) is 0 Å². The second-order valence-corrected chi connectivity index (χ2v) is 3.68. The van der Waals surface area contributed by atoms with Gasteiger partial charge in [-0.15, -0.1) is 0 Å². The van der Waals surface area contributed by atoms with Crippen LogP contribution in [0.25, 0.3) is 10.9 Å². The molecule has 0 radical (unpaired) electrons. The molecule has 12 heavy (non-hydrogen) atoms. The lowest BCUT2D eigenvalue weighted by atomic mass is 10.1. The van der Waals surface area contributed by atoms with E-state index < -0.39 is 0 Å². The summed E-state index contributed by atoms with van der Waals surface area (Å²) in [5.74, 6) is 0. The van der Waals surface area contributed by atoms with Crippen LogP contribution < -0.4 is 0 Å². The molecule has 0 atom stereocenters. The molecule has 0 spiro atoms. The van der Waals surface area contributed by atoms with E-state index in [0.717, 1.165) is 10.9 Å². The van der Waals surface area contributed by atoms with Crippen molar-refractivity contribution >= 4 is 26.8 Å². The lowest BCUT2D eigenvalue weighted by Crippen LogP contribution is -1.81. The molecule has 0 bridgehead atoms. The zero-order valence-electron chi connectivity index (χ0n) is 6.89. The highest BCUT2D eigenvalue weighted by Gasteiger charge is 2.02. The van der Waals surface area contributed by atoms with Gasteiger partial charge in [0.05, 0.1) is 5.52 Å². The molecule has 1 aromatic carbocycles. The third-order valence-corrected chi connectivity index (χ3v) is 2.80. The van der Waals surface area contributed by atoms with Crippen molar-refractivity contribution in [2.24, 2.45) is 0 Å². The quantitative estimate of drug-likeness (QED) is 0.763. The first kappa shape index (κ1) is 7.87. The van der Waals surface area contributed by atoms with E-state index in [4.69, 9.17) is 0 Å². The van der Waals surface area contributed by atoms with Gasteiger partial charge in [-0.05, 0) is 40.0 Å². The smallest absolute Gasteiger partial charge is 0.0601 e. The topological polar surface area (TPSA) is 15.8 Å². The molecular formula is C10H10BrN. The minimum Gasteiger partial charge on any atom is -0.360 e. The molecule has 0 saturated heterocycles. The van der Waals surface area contributed by atoms with Gasteiger partial charge in [-0.1, -0.05) is 13.0 Å². The number of nitrogens with one attached hydrogen (secondary N) is 1. The summed E-state index contributed by atoms with van der Waals surface area (Å²) in [6.45, 7) is 2.18. The summed E-state index contributed by atoms with van der Waals surface area (Å²) >= 11 is 3.51. The molecule has 2 aromatic rings. The molecule has 2 heteroatoms. The van der Waals surface area contributed by atoms with Gasteiger partial charge in [-0.2, -0.15) is 0 Å². The summed E-state index contributed by atoms with van der Waals surface area (Å²) in [6, 6.07) is 6.39. The van der Waals surface area contributed by atoms with Crippen molar-refractivity contribution in [2.75, 3.05) is 0 Å². The first-order valence-electron chi connectivity index (χ1n) is 4.07. The second kappa shape index (κ2) is 2.94. The van der Waals surface area contributed by atoms with Crippen molar-refractivity contribution in [3.63, 3.8) is 0 Å². The first-order chi connectivity index (χ1) is 5.83. The molecule has 0 unspecified atom stereocenters. The van der Waals surface area contributed by atoms with Gasteiger partial charge in [0.2, 0.25) is 0 Å². The number of H-pyrrole nitrogens is 1. The Morgan fingerprint density at radius 2 is 2.17 bits per heavy atom. The van der Waals surface area contributed by atoms with Gasteiger partial charge >= 0.3 is 0 Å². The van der Waals surface area contributed by atoms with Crippen molar-refractivity contribution in [2.45, 2.75) is 13.3 Å². The highest BCUT2D eigenvalue weighted by Crippen LogP contribution is 2.25. The molecule has 0 saturated carbocycles. The molecule has 1 nitrogen and oxygen atoms in total. The van der Waals surface area contributed by atoms with E-state index in [0.29, 0.717) is 0 Å². The van der Waals surface area contributed by atoms with Crippen molar-refractivity contribution < 1.29 is 0 Å². The molecule has 0 aliphatic rings. The zero-order chi connectivity index (χ0) is 8.55. The maximum absolute atomic E-state index is 3.51. The first-order valence-corrected chi connectivity index (χ1v) is 4.86. The molecule has 1 N–H and O–H groups in total. The standard InChI is InChI=1S/C10H10BrN/c1-2-7-3-4-9(11)10-8(7)5-6-12-10/h3-6,12H,2H2,1H3. The van der Waals surface area contributed by atoms with Gasteiger partial charge < -0.3 is 4.98 Å². The van der Waals surface area contributed by atoms with E-state index in [2.05, 4.69) is 46.0 Å². The summed E-state index contributed by atoms with van der Waals surface area (Å²) in [7, 11) is 0. The van der Waals surface area contributed by atoms with Crippen molar-refractivity contribution in [3.05, 3.63) is 34.4 Å². The number of rotatable bonds is 1. The van der Waals surface area contributed by atoms with Crippen LogP contribution in [0, 0.1) is 0 Å². The zero-order valence-corrected chi connectivity index (χ0v) is 8.48. The van der Waals surface area contributed by atoms with Gasteiger partial charge in [0.1, 0.15) is 0 Å². The number of fused-ring (bicyclic) bond motifs is 1. The minimum atomic E-state index is 1.08. The van der Waals surface area contributed by atoms with Gasteiger partial charge in [0.15, 0.2) is 0 Å². The summed E-state index contributed by atoms with van der Waals surface area (Å²) in [5.41, 5.74) is 2.60. The molecular weight excluding hydrogens is 214 g/mol. The lowest BCUT2D eigenvalue weighted by Gasteiger charge is -2.00. The van der Waals surface area contributed by atoms with E-state index >= 15 is 0 Å². The monoisotopic (exact) mass is 223 g/mol. The van der Waals surface area contributed by atoms with E-state index in [1.54, 1.807) is 0 Å². The van der Waals surface area contributed by atoms with E-state index in [1.807, 2.05) is 6.20 Å². The minimum absolute atomic E-state index is 1.08. The van der Waals surface area contributed by atoms with Gasteiger partial charge in [0, 0.05) is 16.1 Å². The van der Waals surface area contributed by atoms with Gasteiger partial charge in [0.25, 0.3) is 0 Å². The summed E-state index contributed by atoms with van der Waals surface area (Å²) in [4.78, 5) is 3.22. The number of hydrogen-bond acceptors (Lipinski definition) is 0. The summed E-state index contributed by atoms with van der Waals surface area (Å²) in [5, 5.41) is 1.33. The molecule has 62 valence electrons. The Hall–Kier alpha value is -0.760. The number of aryl methyl sites for hydroxylation is 1. The molecule has 1 heterocycles. The Morgan fingerprint density at radius 1 is 1.33 bits per heavy atom. The fourth-order valence-corrected chi connectivity index (χ4v) is 1.95. The third-order valence-electron chi connectivity index (χ3n) is 2.14. The largest absolute Gasteiger partial charge is 0.360 e. The van der Waals surface area contributed by atoms with Crippen molar-refractivity contribution in [3.8, 4) is 0 Å². The van der Waals surface area contributed by atoms with E-state index in [9.17, 15) is 0 Å². The third kappa shape index (κ3) is 1.07. The maximum atomic E-state index is 3.51. The molecule has 0 aliphatic heterocycles. The Labute approximate surface area is 79.9 Å². The predicted molar refractivity (Wildman–Crippen MR) is 55.4 cm³/mol. The van der Waals surface area contributed by atoms with Crippen LogP contribution >= 0.6 is 15.9 Å². The van der Waals surface area contributed by atoms with Crippen LogP contribution in [0.3, 0.4) is 0 Å². The number of halogens is 1. The van der Waals surface area contributed by atoms with Gasteiger partial charge in [-0.25, -0.2) is 0 Å². The number of benzene rings is 1. The highest BCUT2D eigenvalue weighted by atomic mass is 79.9. The van der Waals surface area contributed by atoms with Crippen LogP contribution in [0.4, 0.5) is 0 Å². The van der Waals surface area contributed by atoms with Crippen molar-refractivity contribution in [1.82, 2.24) is 4.98 Å². The van der Waals surface area contributed by atoms with Crippen LogP contribution in [-0.2, 0) is 6.42 Å². The lowest BCUT2D eigenvalue weighted by molar-refractivity contribution is 1.16. The fourth-order valence-electron chi connectivity index (χ4n) is 1.49. The number of aromatic amines is 1. The molecule has 0 amide bonds. The Bertz CT molecular complexity index is 403. The van der Waals surface area contributed by atoms with Crippen LogP contribution in [-0.4, -0.2) is 4.98 Å². The number of hydrogen-bond donors (Lipinski definition) is 1. The highest BCUT2D eigenvalue weighted by molar-refractivity contribution is 9.10. The second-order valence-electron chi connectivity index (χ2n) is 2.83. The molecule has 2 rings (SSSR count). The molecule has 0 fully saturated rings.